The van der Waals surface area contributed by atoms with Crippen LogP contribution in [0, 0.1) is 0 Å². The van der Waals surface area contributed by atoms with Gasteiger partial charge in [0.05, 0.1) is 16.7 Å². The Hall–Kier alpha value is -1.79. The molecule has 2 aromatic rings. The molecule has 26 heavy (non-hydrogen) atoms. The molecule has 0 fully saturated rings. The number of carbonyl (C=O) groups excluding carboxylic acids is 1. The normalized spacial score (nSPS) is 11.3. The second-order valence-electron chi connectivity index (χ2n) is 6.54. The number of halogens is 1. The summed E-state index contributed by atoms with van der Waals surface area (Å²) >= 11 is 7.29. The Kier molecular flexibility index (Phi) is 6.89. The van der Waals surface area contributed by atoms with Crippen LogP contribution in [-0.2, 0) is 11.3 Å². The molecule has 0 unspecified atom stereocenters. The molecular weight excluding hydrogens is 370 g/mol. The fraction of sp³-hybridized carbons (Fsp3) is 0.421. The lowest BCUT2D eigenvalue weighted by molar-refractivity contribution is -0.131. The third-order valence-electron chi connectivity index (χ3n) is 3.92. The van der Waals surface area contributed by atoms with E-state index >= 15 is 0 Å². The van der Waals surface area contributed by atoms with Gasteiger partial charge >= 0.3 is 0 Å². The number of allylic oxidation sites excluding steroid dienone is 1. The van der Waals surface area contributed by atoms with Gasteiger partial charge in [-0.05, 0) is 45.9 Å². The van der Waals surface area contributed by atoms with Gasteiger partial charge in [-0.1, -0.05) is 29.4 Å². The Bertz CT molecular complexity index is 869. The Morgan fingerprint density at radius 2 is 2.00 bits per heavy atom. The van der Waals surface area contributed by atoms with Crippen molar-refractivity contribution in [1.29, 1.82) is 0 Å². The summed E-state index contributed by atoms with van der Waals surface area (Å²) in [6.45, 7) is 12.0. The molecule has 140 valence electrons. The number of hydrogen-bond donors (Lipinski definition) is 0. The van der Waals surface area contributed by atoms with Crippen LogP contribution in [0.3, 0.4) is 0 Å². The summed E-state index contributed by atoms with van der Waals surface area (Å²) in [7, 11) is 0. The molecule has 1 amide bonds. The molecule has 0 saturated heterocycles. The molecule has 0 spiro atoms. The van der Waals surface area contributed by atoms with Gasteiger partial charge in [0.2, 0.25) is 5.91 Å². The average Bonchev–Trinajstić information content (AvgIpc) is 2.55. The number of hydrogen-bond acceptors (Lipinski definition) is 4. The molecule has 1 heterocycles. The van der Waals surface area contributed by atoms with Crippen molar-refractivity contribution in [3.05, 3.63) is 46.2 Å². The first-order valence-electron chi connectivity index (χ1n) is 8.51. The predicted molar refractivity (Wildman–Crippen MR) is 109 cm³/mol. The van der Waals surface area contributed by atoms with Gasteiger partial charge in [0.15, 0.2) is 5.16 Å². The number of amides is 1. The van der Waals surface area contributed by atoms with Crippen LogP contribution in [-0.4, -0.2) is 38.2 Å². The van der Waals surface area contributed by atoms with Crippen molar-refractivity contribution >= 4 is 40.2 Å². The van der Waals surface area contributed by atoms with Crippen molar-refractivity contribution in [2.45, 2.75) is 51.5 Å². The summed E-state index contributed by atoms with van der Waals surface area (Å²) in [6, 6.07) is 5.23. The highest BCUT2D eigenvalue weighted by molar-refractivity contribution is 7.99. The van der Waals surface area contributed by atoms with E-state index in [0.29, 0.717) is 27.6 Å². The minimum atomic E-state index is -0.161. The van der Waals surface area contributed by atoms with Crippen molar-refractivity contribution in [1.82, 2.24) is 14.5 Å². The molecule has 0 aliphatic heterocycles. The topological polar surface area (TPSA) is 55.2 Å². The van der Waals surface area contributed by atoms with E-state index in [-0.39, 0.29) is 29.3 Å². The number of carbonyl (C=O) groups is 1. The fourth-order valence-corrected chi connectivity index (χ4v) is 3.99. The third-order valence-corrected chi connectivity index (χ3v) is 5.12. The van der Waals surface area contributed by atoms with Crippen molar-refractivity contribution < 1.29 is 4.79 Å². The lowest BCUT2D eigenvalue weighted by Gasteiger charge is -2.30. The molecule has 5 nitrogen and oxygen atoms in total. The van der Waals surface area contributed by atoms with E-state index in [4.69, 9.17) is 11.6 Å². The molecule has 0 bridgehead atoms. The standard InChI is InChI=1S/C19H24ClN3O2S/c1-6-9-22-18(25)15-8-7-14(20)10-16(15)21-19(22)26-11-17(24)23(12(2)3)13(4)5/h6-8,10,12-13H,1,9,11H2,2-5H3. The van der Waals surface area contributed by atoms with Gasteiger partial charge in [0.1, 0.15) is 0 Å². The number of nitrogens with zero attached hydrogens (tertiary/aromatic N) is 3. The molecule has 0 saturated carbocycles. The highest BCUT2D eigenvalue weighted by atomic mass is 35.5. The van der Waals surface area contributed by atoms with E-state index in [1.165, 1.54) is 16.3 Å². The highest BCUT2D eigenvalue weighted by Gasteiger charge is 2.21. The molecule has 1 aromatic carbocycles. The number of thioether (sulfide) groups is 1. The first-order valence-corrected chi connectivity index (χ1v) is 9.87. The van der Waals surface area contributed by atoms with E-state index in [0.717, 1.165) is 0 Å². The van der Waals surface area contributed by atoms with Crippen molar-refractivity contribution in [2.75, 3.05) is 5.75 Å². The summed E-state index contributed by atoms with van der Waals surface area (Å²) in [5.74, 6) is 0.233. The Morgan fingerprint density at radius 3 is 2.58 bits per heavy atom. The maximum absolute atomic E-state index is 12.8. The van der Waals surface area contributed by atoms with Crippen LogP contribution in [0.2, 0.25) is 5.02 Å². The summed E-state index contributed by atoms with van der Waals surface area (Å²) in [5.41, 5.74) is 0.369. The number of aromatic nitrogens is 2. The minimum absolute atomic E-state index is 0.0191. The molecule has 1 aromatic heterocycles. The Balaban J connectivity index is 2.38. The smallest absolute Gasteiger partial charge is 0.262 e. The van der Waals surface area contributed by atoms with Crippen LogP contribution in [0.1, 0.15) is 27.7 Å². The maximum Gasteiger partial charge on any atom is 0.262 e. The predicted octanol–water partition coefficient (Wildman–Crippen LogP) is 3.97. The molecular formula is C19H24ClN3O2S. The van der Waals surface area contributed by atoms with Crippen molar-refractivity contribution in [3.63, 3.8) is 0 Å². The zero-order valence-corrected chi connectivity index (χ0v) is 17.1. The van der Waals surface area contributed by atoms with E-state index in [1.54, 1.807) is 24.3 Å². The van der Waals surface area contributed by atoms with E-state index < -0.39 is 0 Å². The van der Waals surface area contributed by atoms with Crippen LogP contribution in [0.25, 0.3) is 10.9 Å². The molecule has 2 rings (SSSR count). The minimum Gasteiger partial charge on any atom is -0.337 e. The van der Waals surface area contributed by atoms with Crippen LogP contribution in [0.4, 0.5) is 0 Å². The van der Waals surface area contributed by atoms with Crippen LogP contribution >= 0.6 is 23.4 Å². The van der Waals surface area contributed by atoms with Crippen molar-refractivity contribution in [3.8, 4) is 0 Å². The van der Waals surface area contributed by atoms with E-state index in [9.17, 15) is 9.59 Å². The molecule has 0 radical (unpaired) electrons. The quantitative estimate of drug-likeness (QED) is 0.405. The monoisotopic (exact) mass is 393 g/mol. The largest absolute Gasteiger partial charge is 0.337 e. The molecule has 7 heteroatoms. The van der Waals surface area contributed by atoms with Gasteiger partial charge in [0, 0.05) is 23.7 Å². The first kappa shape index (κ1) is 20.5. The Morgan fingerprint density at radius 1 is 1.35 bits per heavy atom. The average molecular weight is 394 g/mol. The molecule has 0 aliphatic rings. The zero-order valence-electron chi connectivity index (χ0n) is 15.5. The SMILES string of the molecule is C=CCn1c(SCC(=O)N(C(C)C)C(C)C)nc2cc(Cl)ccc2c1=O. The van der Waals surface area contributed by atoms with Crippen LogP contribution in [0.15, 0.2) is 40.8 Å². The number of rotatable bonds is 7. The maximum atomic E-state index is 12.8. The summed E-state index contributed by atoms with van der Waals surface area (Å²) < 4.78 is 1.54. The van der Waals surface area contributed by atoms with Crippen LogP contribution < -0.4 is 5.56 Å². The Labute approximate surface area is 163 Å². The summed E-state index contributed by atoms with van der Waals surface area (Å²) in [6.07, 6.45) is 1.64. The summed E-state index contributed by atoms with van der Waals surface area (Å²) in [5, 5.41) is 1.51. The highest BCUT2D eigenvalue weighted by Crippen LogP contribution is 2.21. The lowest BCUT2D eigenvalue weighted by atomic mass is 10.2. The second kappa shape index (κ2) is 8.73. The second-order valence-corrected chi connectivity index (χ2v) is 7.92. The van der Waals surface area contributed by atoms with Crippen LogP contribution in [0.5, 0.6) is 0 Å². The number of benzene rings is 1. The van der Waals surface area contributed by atoms with Gasteiger partial charge in [-0.2, -0.15) is 0 Å². The lowest BCUT2D eigenvalue weighted by Crippen LogP contribution is -2.43. The third kappa shape index (κ3) is 4.48. The van der Waals surface area contributed by atoms with E-state index in [1.807, 2.05) is 32.6 Å². The zero-order chi connectivity index (χ0) is 19.4. The summed E-state index contributed by atoms with van der Waals surface area (Å²) in [4.78, 5) is 31.8. The van der Waals surface area contributed by atoms with Crippen molar-refractivity contribution in [2.24, 2.45) is 0 Å². The van der Waals surface area contributed by atoms with E-state index in [2.05, 4.69) is 11.6 Å². The number of fused-ring (bicyclic) bond motifs is 1. The van der Waals surface area contributed by atoms with Gasteiger partial charge in [-0.25, -0.2) is 4.98 Å². The van der Waals surface area contributed by atoms with Gasteiger partial charge in [-0.15, -0.1) is 6.58 Å². The molecule has 0 aliphatic carbocycles. The van der Waals surface area contributed by atoms with Gasteiger partial charge < -0.3 is 4.90 Å². The molecule has 0 N–H and O–H groups in total. The first-order chi connectivity index (χ1) is 12.3. The fourth-order valence-electron chi connectivity index (χ4n) is 2.95. The molecule has 0 atom stereocenters. The van der Waals surface area contributed by atoms with Gasteiger partial charge in [-0.3, -0.25) is 14.2 Å². The van der Waals surface area contributed by atoms with Gasteiger partial charge in [0.25, 0.3) is 5.56 Å².